The van der Waals surface area contributed by atoms with Crippen LogP contribution in [0.2, 0.25) is 0 Å². The number of methoxy groups -OCH3 is 1. The van der Waals surface area contributed by atoms with Crippen LogP contribution in [0.4, 0.5) is 0 Å². The van der Waals surface area contributed by atoms with E-state index in [1.807, 2.05) is 30.3 Å². The highest BCUT2D eigenvalue weighted by Crippen LogP contribution is 2.38. The van der Waals surface area contributed by atoms with Crippen molar-refractivity contribution in [3.05, 3.63) is 54.1 Å². The van der Waals surface area contributed by atoms with Crippen molar-refractivity contribution < 1.29 is 4.74 Å². The van der Waals surface area contributed by atoms with Crippen LogP contribution >= 0.6 is 0 Å². The summed E-state index contributed by atoms with van der Waals surface area (Å²) in [5.41, 5.74) is 3.55. The van der Waals surface area contributed by atoms with E-state index >= 15 is 0 Å². The molecule has 0 aliphatic heterocycles. The molecule has 0 unspecified atom stereocenters. The predicted molar refractivity (Wildman–Crippen MR) is 76.0 cm³/mol. The molecule has 0 spiro atoms. The molecule has 0 saturated carbocycles. The van der Waals surface area contributed by atoms with Gasteiger partial charge in [-0.05, 0) is 28.7 Å². The summed E-state index contributed by atoms with van der Waals surface area (Å²) in [6.07, 6.45) is 0. The first-order valence-corrected chi connectivity index (χ1v) is 6.18. The number of benzene rings is 2. The molecule has 0 bridgehead atoms. The van der Waals surface area contributed by atoms with Gasteiger partial charge in [-0.3, -0.25) is 0 Å². The largest absolute Gasteiger partial charge is 0.496 e. The Morgan fingerprint density at radius 1 is 1.00 bits per heavy atom. The zero-order valence-corrected chi connectivity index (χ0v) is 11.4. The van der Waals surface area contributed by atoms with Crippen LogP contribution in [0.3, 0.4) is 0 Å². The minimum absolute atomic E-state index is 0.0414. The van der Waals surface area contributed by atoms with Crippen LogP contribution in [-0.4, -0.2) is 7.11 Å². The van der Waals surface area contributed by atoms with E-state index in [-0.39, 0.29) is 5.41 Å². The zero-order valence-electron chi connectivity index (χ0n) is 11.4. The molecule has 2 aromatic rings. The van der Waals surface area contributed by atoms with Gasteiger partial charge in [0.25, 0.3) is 0 Å². The van der Waals surface area contributed by atoms with Gasteiger partial charge in [-0.25, -0.2) is 0 Å². The van der Waals surface area contributed by atoms with Gasteiger partial charge in [-0.1, -0.05) is 57.2 Å². The Kier molecular flexibility index (Phi) is 3.42. The average molecular weight is 239 g/mol. The summed E-state index contributed by atoms with van der Waals surface area (Å²) < 4.78 is 5.52. The lowest BCUT2D eigenvalue weighted by atomic mass is 9.81. The fourth-order valence-electron chi connectivity index (χ4n) is 2.13. The lowest BCUT2D eigenvalue weighted by molar-refractivity contribution is 0.414. The fraction of sp³-hybridized carbons (Fsp3) is 0.294. The SMILES string of the molecule is COc1cc[c]c(C(C)(C)C)c1-c1ccccc1. The Morgan fingerprint density at radius 3 is 2.22 bits per heavy atom. The zero-order chi connectivity index (χ0) is 13.2. The van der Waals surface area contributed by atoms with E-state index in [0.29, 0.717) is 0 Å². The fourth-order valence-corrected chi connectivity index (χ4v) is 2.13. The van der Waals surface area contributed by atoms with Crippen LogP contribution in [0.15, 0.2) is 42.5 Å². The van der Waals surface area contributed by atoms with E-state index in [4.69, 9.17) is 4.74 Å². The van der Waals surface area contributed by atoms with E-state index in [1.54, 1.807) is 7.11 Å². The molecule has 0 amide bonds. The molecule has 0 saturated heterocycles. The predicted octanol–water partition coefficient (Wildman–Crippen LogP) is 4.46. The number of hydrogen-bond acceptors (Lipinski definition) is 1. The Bertz CT molecular complexity index is 521. The smallest absolute Gasteiger partial charge is 0.127 e. The minimum atomic E-state index is 0.0414. The Balaban J connectivity index is 2.70. The molecule has 18 heavy (non-hydrogen) atoms. The molecule has 1 heteroatoms. The molecule has 0 aromatic heterocycles. The van der Waals surface area contributed by atoms with Gasteiger partial charge in [0.1, 0.15) is 5.75 Å². The van der Waals surface area contributed by atoms with E-state index in [2.05, 4.69) is 39.0 Å². The van der Waals surface area contributed by atoms with E-state index in [0.717, 1.165) is 11.3 Å². The molecular weight excluding hydrogens is 220 g/mol. The van der Waals surface area contributed by atoms with Crippen molar-refractivity contribution in [3.63, 3.8) is 0 Å². The molecular formula is C17H19O. The van der Waals surface area contributed by atoms with Crippen molar-refractivity contribution >= 4 is 0 Å². The quantitative estimate of drug-likeness (QED) is 0.751. The lowest BCUT2D eigenvalue weighted by Gasteiger charge is -2.24. The molecule has 0 fully saturated rings. The van der Waals surface area contributed by atoms with E-state index < -0.39 is 0 Å². The molecule has 2 aromatic carbocycles. The maximum atomic E-state index is 5.52. The summed E-state index contributed by atoms with van der Waals surface area (Å²) in [5, 5.41) is 0. The van der Waals surface area contributed by atoms with E-state index in [1.165, 1.54) is 11.1 Å². The molecule has 1 radical (unpaired) electrons. The Labute approximate surface area is 109 Å². The molecule has 1 nitrogen and oxygen atoms in total. The minimum Gasteiger partial charge on any atom is -0.496 e. The van der Waals surface area contributed by atoms with E-state index in [9.17, 15) is 0 Å². The maximum absolute atomic E-state index is 5.52. The highest BCUT2D eigenvalue weighted by Gasteiger charge is 2.21. The topological polar surface area (TPSA) is 9.23 Å². The average Bonchev–Trinajstić information content (AvgIpc) is 2.38. The normalized spacial score (nSPS) is 11.3. The standard InChI is InChI=1S/C17H19O/c1-17(2,3)14-11-8-12-15(18-4)16(14)13-9-6-5-7-10-13/h5-10,12H,1-4H3. The summed E-state index contributed by atoms with van der Waals surface area (Å²) in [5.74, 6) is 0.907. The monoisotopic (exact) mass is 239 g/mol. The number of hydrogen-bond donors (Lipinski definition) is 0. The van der Waals surface area contributed by atoms with Gasteiger partial charge in [0, 0.05) is 5.56 Å². The van der Waals surface area contributed by atoms with Gasteiger partial charge >= 0.3 is 0 Å². The second-order valence-electron chi connectivity index (χ2n) is 5.41. The Hall–Kier alpha value is -1.76. The molecule has 0 aliphatic rings. The van der Waals surface area contributed by atoms with Crippen LogP contribution in [0, 0.1) is 6.07 Å². The van der Waals surface area contributed by atoms with Gasteiger partial charge in [-0.2, -0.15) is 0 Å². The summed E-state index contributed by atoms with van der Waals surface area (Å²) in [7, 11) is 1.72. The van der Waals surface area contributed by atoms with Gasteiger partial charge in [0.05, 0.1) is 7.11 Å². The second kappa shape index (κ2) is 4.85. The third-order valence-electron chi connectivity index (χ3n) is 2.99. The van der Waals surface area contributed by atoms with Crippen molar-refractivity contribution in [1.82, 2.24) is 0 Å². The van der Waals surface area contributed by atoms with Crippen molar-refractivity contribution in [2.24, 2.45) is 0 Å². The lowest BCUT2D eigenvalue weighted by Crippen LogP contribution is -2.13. The summed E-state index contributed by atoms with van der Waals surface area (Å²) >= 11 is 0. The van der Waals surface area contributed by atoms with Crippen LogP contribution in [0.25, 0.3) is 11.1 Å². The van der Waals surface area contributed by atoms with Gasteiger partial charge in [0.15, 0.2) is 0 Å². The summed E-state index contributed by atoms with van der Waals surface area (Å²) in [4.78, 5) is 0. The third kappa shape index (κ3) is 2.40. The van der Waals surface area contributed by atoms with Gasteiger partial charge in [0.2, 0.25) is 0 Å². The van der Waals surface area contributed by atoms with Crippen molar-refractivity contribution in [1.29, 1.82) is 0 Å². The summed E-state index contributed by atoms with van der Waals surface area (Å²) in [6, 6.07) is 17.6. The third-order valence-corrected chi connectivity index (χ3v) is 2.99. The molecule has 2 rings (SSSR count). The molecule has 0 aliphatic carbocycles. The number of rotatable bonds is 2. The van der Waals surface area contributed by atoms with Crippen LogP contribution in [0.1, 0.15) is 26.3 Å². The van der Waals surface area contributed by atoms with Gasteiger partial charge < -0.3 is 4.74 Å². The molecule has 0 N–H and O–H groups in total. The highest BCUT2D eigenvalue weighted by molar-refractivity contribution is 5.74. The first-order chi connectivity index (χ1) is 8.54. The van der Waals surface area contributed by atoms with Gasteiger partial charge in [-0.15, -0.1) is 0 Å². The first kappa shape index (κ1) is 12.7. The highest BCUT2D eigenvalue weighted by atomic mass is 16.5. The van der Waals surface area contributed by atoms with Crippen molar-refractivity contribution in [3.8, 4) is 16.9 Å². The maximum Gasteiger partial charge on any atom is 0.127 e. The van der Waals surface area contributed by atoms with Crippen LogP contribution in [0.5, 0.6) is 5.75 Å². The first-order valence-electron chi connectivity index (χ1n) is 6.18. The molecule has 0 atom stereocenters. The Morgan fingerprint density at radius 2 is 1.67 bits per heavy atom. The molecule has 0 heterocycles. The van der Waals surface area contributed by atoms with Crippen molar-refractivity contribution in [2.45, 2.75) is 26.2 Å². The van der Waals surface area contributed by atoms with Crippen molar-refractivity contribution in [2.75, 3.05) is 7.11 Å². The number of ether oxygens (including phenoxy) is 1. The van der Waals surface area contributed by atoms with Crippen LogP contribution in [-0.2, 0) is 5.41 Å². The summed E-state index contributed by atoms with van der Waals surface area (Å²) in [6.45, 7) is 6.60. The van der Waals surface area contributed by atoms with Crippen LogP contribution < -0.4 is 4.74 Å². The molecule has 93 valence electrons. The second-order valence-corrected chi connectivity index (χ2v) is 5.41.